The van der Waals surface area contributed by atoms with E-state index in [1.807, 2.05) is 48.5 Å². The minimum absolute atomic E-state index is 0.119. The van der Waals surface area contributed by atoms with Crippen molar-refractivity contribution in [2.45, 2.75) is 141 Å². The van der Waals surface area contributed by atoms with Crippen LogP contribution in [0.25, 0.3) is 22.3 Å². The van der Waals surface area contributed by atoms with Crippen LogP contribution in [0.5, 0.6) is 11.5 Å². The molecule has 3 saturated carbocycles. The van der Waals surface area contributed by atoms with Gasteiger partial charge in [0.1, 0.15) is 11.5 Å². The second kappa shape index (κ2) is 19.7. The third kappa shape index (κ3) is 9.69. The van der Waals surface area contributed by atoms with Crippen LogP contribution in [0, 0.1) is 10.8 Å². The Kier molecular flexibility index (Phi) is 14.3. The zero-order valence-electron chi connectivity index (χ0n) is 36.1. The molecule has 62 heavy (non-hydrogen) atoms. The smallest absolute Gasteiger partial charge is 0.338 e. The molecule has 3 fully saturated rings. The molecule has 3 aliphatic rings. The van der Waals surface area contributed by atoms with Crippen molar-refractivity contribution in [1.82, 2.24) is 0 Å². The molecular formula is C52H60F4O6. The van der Waals surface area contributed by atoms with Crippen molar-refractivity contribution < 1.29 is 46.1 Å². The summed E-state index contributed by atoms with van der Waals surface area (Å²) in [6, 6.07) is 28.3. The lowest BCUT2D eigenvalue weighted by molar-refractivity contribution is -0.000895. The van der Waals surface area contributed by atoms with E-state index in [1.54, 1.807) is 24.3 Å². The lowest BCUT2D eigenvalue weighted by Crippen LogP contribution is -2.27. The van der Waals surface area contributed by atoms with Crippen LogP contribution in [-0.4, -0.2) is 49.2 Å². The number of rotatable bonds is 22. The van der Waals surface area contributed by atoms with Gasteiger partial charge in [0.25, 0.3) is 11.8 Å². The first kappa shape index (κ1) is 45.2. The van der Waals surface area contributed by atoms with Gasteiger partial charge >= 0.3 is 11.9 Å². The average Bonchev–Trinajstić information content (AvgIpc) is 3.95. The summed E-state index contributed by atoms with van der Waals surface area (Å²) in [5, 5.41) is 0. The standard InChI is InChI=1S/C52H60F4O6/c1-3-5-7-9-11-13-35-59-43-27-23-39(24-28-43)37-15-19-41(20-16-37)45(57)61-47-49(51(47,53)54)31-33-50(34-32-49)48(52(50,55)56)62-46(58)42-21-17-38(18-22-42)40-25-29-44(30-26-40)60-36-14-12-10-8-6-4-2/h15-30,47-48H,3-14,31-36H2,1-2H3. The molecule has 2 unspecified atom stereocenters. The quantitative estimate of drug-likeness (QED) is 0.0445. The van der Waals surface area contributed by atoms with E-state index in [2.05, 4.69) is 13.8 Å². The summed E-state index contributed by atoms with van der Waals surface area (Å²) in [4.78, 5) is 26.2. The largest absolute Gasteiger partial charge is 0.494 e. The number of esters is 2. The minimum Gasteiger partial charge on any atom is -0.494 e. The summed E-state index contributed by atoms with van der Waals surface area (Å²) < 4.78 is 84.1. The lowest BCUT2D eigenvalue weighted by atomic mass is 9.76. The van der Waals surface area contributed by atoms with Crippen molar-refractivity contribution in [3.63, 3.8) is 0 Å². The van der Waals surface area contributed by atoms with E-state index >= 15 is 17.6 Å². The molecule has 0 saturated heterocycles. The number of unbranched alkanes of at least 4 members (excludes halogenated alkanes) is 10. The first-order valence-corrected chi connectivity index (χ1v) is 22.8. The topological polar surface area (TPSA) is 71.1 Å². The molecule has 10 heteroatoms. The highest BCUT2D eigenvalue weighted by atomic mass is 19.3. The van der Waals surface area contributed by atoms with Gasteiger partial charge in [-0.2, -0.15) is 0 Å². The van der Waals surface area contributed by atoms with Crippen LogP contribution in [-0.2, 0) is 9.47 Å². The monoisotopic (exact) mass is 856 g/mol. The van der Waals surface area contributed by atoms with E-state index in [9.17, 15) is 9.59 Å². The van der Waals surface area contributed by atoms with Gasteiger partial charge in [0.2, 0.25) is 0 Å². The molecule has 0 N–H and O–H groups in total. The van der Waals surface area contributed by atoms with Gasteiger partial charge in [-0.3, -0.25) is 0 Å². The molecule has 0 aromatic heterocycles. The third-order valence-corrected chi connectivity index (χ3v) is 13.5. The van der Waals surface area contributed by atoms with Crippen LogP contribution < -0.4 is 9.47 Å². The van der Waals surface area contributed by atoms with Crippen molar-refractivity contribution in [3.05, 3.63) is 108 Å². The Bertz CT molecular complexity index is 1920. The highest BCUT2D eigenvalue weighted by Gasteiger charge is 2.90. The van der Waals surface area contributed by atoms with E-state index in [0.717, 1.165) is 59.4 Å². The normalized spacial score (nSPS) is 22.9. The van der Waals surface area contributed by atoms with Crippen molar-refractivity contribution in [1.29, 1.82) is 0 Å². The second-order valence-corrected chi connectivity index (χ2v) is 17.6. The van der Waals surface area contributed by atoms with Crippen LogP contribution in [0.4, 0.5) is 17.6 Å². The molecule has 332 valence electrons. The fourth-order valence-corrected chi connectivity index (χ4v) is 9.23. The summed E-state index contributed by atoms with van der Waals surface area (Å²) in [7, 11) is 0. The van der Waals surface area contributed by atoms with Crippen molar-refractivity contribution in [2.75, 3.05) is 13.2 Å². The molecule has 2 spiro atoms. The predicted octanol–water partition coefficient (Wildman–Crippen LogP) is 14.1. The summed E-state index contributed by atoms with van der Waals surface area (Å²) in [5.41, 5.74) is 0.251. The number of ether oxygens (including phenoxy) is 4. The van der Waals surface area contributed by atoms with Crippen LogP contribution in [0.3, 0.4) is 0 Å². The fraction of sp³-hybridized carbons (Fsp3) is 0.500. The number of alkyl halides is 4. The Morgan fingerprint density at radius 2 is 0.742 bits per heavy atom. The van der Waals surface area contributed by atoms with Gasteiger partial charge in [0.05, 0.1) is 35.2 Å². The number of hydrogen-bond acceptors (Lipinski definition) is 6. The van der Waals surface area contributed by atoms with Crippen molar-refractivity contribution >= 4 is 11.9 Å². The minimum atomic E-state index is -3.36. The van der Waals surface area contributed by atoms with Crippen molar-refractivity contribution in [2.24, 2.45) is 10.8 Å². The number of hydrogen-bond donors (Lipinski definition) is 0. The maximum atomic E-state index is 15.4. The number of carbonyl (C=O) groups excluding carboxylic acids is 2. The van der Waals surface area contributed by atoms with Gasteiger partial charge in [-0.1, -0.05) is 127 Å². The van der Waals surface area contributed by atoms with Crippen LogP contribution in [0.2, 0.25) is 0 Å². The van der Waals surface area contributed by atoms with Crippen molar-refractivity contribution in [3.8, 4) is 33.8 Å². The molecule has 0 aliphatic heterocycles. The Labute approximate surface area is 363 Å². The fourth-order valence-electron chi connectivity index (χ4n) is 9.23. The number of carbonyl (C=O) groups is 2. The zero-order valence-corrected chi connectivity index (χ0v) is 36.1. The van der Waals surface area contributed by atoms with Crippen LogP contribution in [0.15, 0.2) is 97.1 Å². The Morgan fingerprint density at radius 3 is 1.06 bits per heavy atom. The summed E-state index contributed by atoms with van der Waals surface area (Å²) >= 11 is 0. The SMILES string of the molecule is CCCCCCCCOc1ccc(-c2ccc(C(=O)OC3C(F)(F)C34CCC3(CC4)C(OC(=O)c4ccc(-c5ccc(OCCCCCCCC)cc5)cc4)C3(F)F)cc2)cc1. The van der Waals surface area contributed by atoms with Gasteiger partial charge in [-0.25, -0.2) is 27.2 Å². The molecule has 0 radical (unpaired) electrons. The first-order valence-electron chi connectivity index (χ1n) is 22.8. The Balaban J connectivity index is 0.864. The summed E-state index contributed by atoms with van der Waals surface area (Å²) in [5.74, 6) is -6.95. The van der Waals surface area contributed by atoms with E-state index in [0.29, 0.717) is 13.2 Å². The third-order valence-electron chi connectivity index (χ3n) is 13.5. The van der Waals surface area contributed by atoms with E-state index in [4.69, 9.17) is 18.9 Å². The van der Waals surface area contributed by atoms with E-state index in [-0.39, 0.29) is 36.8 Å². The van der Waals surface area contributed by atoms with Crippen LogP contribution in [0.1, 0.15) is 137 Å². The highest BCUT2D eigenvalue weighted by molar-refractivity contribution is 5.91. The maximum Gasteiger partial charge on any atom is 0.338 e. The van der Waals surface area contributed by atoms with Gasteiger partial charge in [0, 0.05) is 0 Å². The molecule has 0 heterocycles. The lowest BCUT2D eigenvalue weighted by Gasteiger charge is -2.28. The average molecular weight is 857 g/mol. The Hall–Kier alpha value is -4.86. The molecule has 6 nitrogen and oxygen atoms in total. The van der Waals surface area contributed by atoms with Gasteiger partial charge < -0.3 is 18.9 Å². The molecule has 3 aliphatic carbocycles. The molecule has 4 aromatic rings. The van der Waals surface area contributed by atoms with E-state index in [1.165, 1.54) is 75.6 Å². The molecule has 0 amide bonds. The maximum absolute atomic E-state index is 15.4. The number of benzene rings is 4. The molecule has 7 rings (SSSR count). The molecule has 2 atom stereocenters. The zero-order chi connectivity index (χ0) is 43.8. The Morgan fingerprint density at radius 1 is 0.452 bits per heavy atom. The predicted molar refractivity (Wildman–Crippen MR) is 233 cm³/mol. The highest BCUT2D eigenvalue weighted by Crippen LogP contribution is 2.77. The van der Waals surface area contributed by atoms with Gasteiger partial charge in [0.15, 0.2) is 12.2 Å². The van der Waals surface area contributed by atoms with Crippen LogP contribution >= 0.6 is 0 Å². The number of halogens is 4. The first-order chi connectivity index (χ1) is 30.0. The second-order valence-electron chi connectivity index (χ2n) is 17.6. The molecule has 0 bridgehead atoms. The van der Waals surface area contributed by atoms with E-state index < -0.39 is 46.8 Å². The van der Waals surface area contributed by atoms with Gasteiger partial charge in [-0.05, 0) is 109 Å². The summed E-state index contributed by atoms with van der Waals surface area (Å²) in [6.07, 6.45) is 9.69. The summed E-state index contributed by atoms with van der Waals surface area (Å²) in [6.45, 7) is 5.73. The molecular weight excluding hydrogens is 797 g/mol. The van der Waals surface area contributed by atoms with Gasteiger partial charge in [-0.15, -0.1) is 0 Å². The molecule has 4 aromatic carbocycles.